The van der Waals surface area contributed by atoms with E-state index in [2.05, 4.69) is 11.8 Å². The fraction of sp³-hybridized carbons (Fsp3) is 0.588. The average molecular weight is 277 g/mol. The summed E-state index contributed by atoms with van der Waals surface area (Å²) in [5.74, 6) is -0.174. The molecule has 0 atom stereocenters. The number of ketones is 1. The standard InChI is InChI=1S/C17H24FNO/c1-2-19(16-6-3-4-7-16)13-5-8-17(20)14-9-11-15(18)12-10-14/h9-12,16H,2-8,13H2,1H3. The Kier molecular flexibility index (Phi) is 5.72. The Morgan fingerprint density at radius 2 is 1.90 bits per heavy atom. The third-order valence-electron chi connectivity index (χ3n) is 4.26. The summed E-state index contributed by atoms with van der Waals surface area (Å²) in [4.78, 5) is 14.5. The maximum absolute atomic E-state index is 12.8. The highest BCUT2D eigenvalue weighted by Gasteiger charge is 2.20. The number of Topliss-reactive ketones (excluding diaryl/α,β-unsaturated/α-hetero) is 1. The summed E-state index contributed by atoms with van der Waals surface area (Å²) < 4.78 is 12.8. The molecular weight excluding hydrogens is 253 g/mol. The van der Waals surface area contributed by atoms with Gasteiger partial charge in [-0.2, -0.15) is 0 Å². The van der Waals surface area contributed by atoms with E-state index in [0.717, 1.165) is 25.6 Å². The minimum atomic E-state index is -0.292. The highest BCUT2D eigenvalue weighted by atomic mass is 19.1. The molecule has 1 aliphatic rings. The molecule has 0 heterocycles. The quantitative estimate of drug-likeness (QED) is 0.701. The van der Waals surface area contributed by atoms with Crippen LogP contribution in [0.4, 0.5) is 4.39 Å². The van der Waals surface area contributed by atoms with Gasteiger partial charge in [0.15, 0.2) is 5.78 Å². The van der Waals surface area contributed by atoms with Crippen molar-refractivity contribution in [3.05, 3.63) is 35.6 Å². The highest BCUT2D eigenvalue weighted by Crippen LogP contribution is 2.23. The molecule has 0 saturated heterocycles. The second-order valence-electron chi connectivity index (χ2n) is 5.60. The van der Waals surface area contributed by atoms with Crippen molar-refractivity contribution in [3.8, 4) is 0 Å². The lowest BCUT2D eigenvalue weighted by atomic mass is 10.1. The smallest absolute Gasteiger partial charge is 0.162 e. The molecule has 0 spiro atoms. The van der Waals surface area contributed by atoms with Gasteiger partial charge in [-0.1, -0.05) is 19.8 Å². The van der Waals surface area contributed by atoms with E-state index in [4.69, 9.17) is 0 Å². The van der Waals surface area contributed by atoms with E-state index >= 15 is 0 Å². The molecule has 0 amide bonds. The number of benzene rings is 1. The maximum atomic E-state index is 12.8. The zero-order valence-corrected chi connectivity index (χ0v) is 12.3. The van der Waals surface area contributed by atoms with Gasteiger partial charge in [0.2, 0.25) is 0 Å². The van der Waals surface area contributed by atoms with Crippen LogP contribution in [0.25, 0.3) is 0 Å². The molecule has 20 heavy (non-hydrogen) atoms. The Labute approximate surface area is 121 Å². The van der Waals surface area contributed by atoms with Crippen LogP contribution in [0.2, 0.25) is 0 Å². The molecule has 0 aliphatic heterocycles. The molecule has 0 unspecified atom stereocenters. The second-order valence-corrected chi connectivity index (χ2v) is 5.60. The van der Waals surface area contributed by atoms with Gasteiger partial charge in [0.05, 0.1) is 0 Å². The Morgan fingerprint density at radius 1 is 1.25 bits per heavy atom. The van der Waals surface area contributed by atoms with Gasteiger partial charge in [0, 0.05) is 18.0 Å². The third-order valence-corrected chi connectivity index (χ3v) is 4.26. The summed E-state index contributed by atoms with van der Waals surface area (Å²) in [5.41, 5.74) is 0.621. The zero-order valence-electron chi connectivity index (χ0n) is 12.3. The zero-order chi connectivity index (χ0) is 14.4. The van der Waals surface area contributed by atoms with Crippen LogP contribution in [0.1, 0.15) is 55.8 Å². The van der Waals surface area contributed by atoms with Gasteiger partial charge in [0.1, 0.15) is 5.82 Å². The van der Waals surface area contributed by atoms with E-state index in [1.807, 2.05) is 0 Å². The van der Waals surface area contributed by atoms with Gasteiger partial charge < -0.3 is 4.90 Å². The van der Waals surface area contributed by atoms with E-state index in [9.17, 15) is 9.18 Å². The summed E-state index contributed by atoms with van der Waals surface area (Å²) in [6.07, 6.45) is 6.74. The number of nitrogens with zero attached hydrogens (tertiary/aromatic N) is 1. The molecular formula is C17H24FNO. The molecule has 1 aromatic rings. The second kappa shape index (κ2) is 7.53. The van der Waals surface area contributed by atoms with E-state index in [1.165, 1.54) is 37.8 Å². The van der Waals surface area contributed by atoms with Crippen LogP contribution >= 0.6 is 0 Å². The number of carbonyl (C=O) groups excluding carboxylic acids is 1. The molecule has 0 bridgehead atoms. The van der Waals surface area contributed by atoms with Crippen LogP contribution in [0.15, 0.2) is 24.3 Å². The van der Waals surface area contributed by atoms with Crippen molar-refractivity contribution in [1.29, 1.82) is 0 Å². The third kappa shape index (κ3) is 4.14. The molecule has 2 nitrogen and oxygen atoms in total. The summed E-state index contributed by atoms with van der Waals surface area (Å²) in [7, 11) is 0. The van der Waals surface area contributed by atoms with Gasteiger partial charge in [-0.25, -0.2) is 4.39 Å². The van der Waals surface area contributed by atoms with Crippen LogP contribution < -0.4 is 0 Å². The number of hydrogen-bond acceptors (Lipinski definition) is 2. The van der Waals surface area contributed by atoms with Crippen molar-refractivity contribution in [2.24, 2.45) is 0 Å². The molecule has 0 N–H and O–H groups in total. The van der Waals surface area contributed by atoms with E-state index in [-0.39, 0.29) is 11.6 Å². The van der Waals surface area contributed by atoms with E-state index < -0.39 is 0 Å². The lowest BCUT2D eigenvalue weighted by Gasteiger charge is -2.27. The summed E-state index contributed by atoms with van der Waals surface area (Å²) in [6, 6.07) is 6.58. The van der Waals surface area contributed by atoms with Gasteiger partial charge in [-0.05, 0) is 56.6 Å². The van der Waals surface area contributed by atoms with Crippen LogP contribution in [0.5, 0.6) is 0 Å². The molecule has 3 heteroatoms. The van der Waals surface area contributed by atoms with Gasteiger partial charge >= 0.3 is 0 Å². The average Bonchev–Trinajstić information content (AvgIpc) is 2.98. The number of carbonyl (C=O) groups is 1. The predicted octanol–water partition coefficient (Wildman–Crippen LogP) is 4.05. The Balaban J connectivity index is 1.76. The van der Waals surface area contributed by atoms with Crippen molar-refractivity contribution in [1.82, 2.24) is 4.90 Å². The molecule has 1 saturated carbocycles. The number of rotatable bonds is 7. The first-order chi connectivity index (χ1) is 9.70. The van der Waals surface area contributed by atoms with Crippen molar-refractivity contribution >= 4 is 5.78 Å². The Morgan fingerprint density at radius 3 is 2.50 bits per heavy atom. The van der Waals surface area contributed by atoms with Crippen LogP contribution in [-0.2, 0) is 0 Å². The van der Waals surface area contributed by atoms with Crippen molar-refractivity contribution in [3.63, 3.8) is 0 Å². The first kappa shape index (κ1) is 15.2. The van der Waals surface area contributed by atoms with Gasteiger partial charge in [-0.3, -0.25) is 4.79 Å². The van der Waals surface area contributed by atoms with Crippen molar-refractivity contribution in [2.75, 3.05) is 13.1 Å². The summed E-state index contributed by atoms with van der Waals surface area (Å²) in [6.45, 7) is 4.25. The minimum Gasteiger partial charge on any atom is -0.301 e. The maximum Gasteiger partial charge on any atom is 0.162 e. The fourth-order valence-corrected chi connectivity index (χ4v) is 3.09. The predicted molar refractivity (Wildman–Crippen MR) is 79.5 cm³/mol. The molecule has 110 valence electrons. The summed E-state index contributed by atoms with van der Waals surface area (Å²) >= 11 is 0. The van der Waals surface area contributed by atoms with Gasteiger partial charge in [0.25, 0.3) is 0 Å². The first-order valence-electron chi connectivity index (χ1n) is 7.73. The van der Waals surface area contributed by atoms with Crippen molar-refractivity contribution < 1.29 is 9.18 Å². The minimum absolute atomic E-state index is 0.118. The van der Waals surface area contributed by atoms with Crippen LogP contribution in [0, 0.1) is 5.82 Å². The topological polar surface area (TPSA) is 20.3 Å². The molecule has 1 aliphatic carbocycles. The van der Waals surface area contributed by atoms with Crippen LogP contribution in [0.3, 0.4) is 0 Å². The normalized spacial score (nSPS) is 15.9. The van der Waals surface area contributed by atoms with Crippen LogP contribution in [-0.4, -0.2) is 29.8 Å². The van der Waals surface area contributed by atoms with Gasteiger partial charge in [-0.15, -0.1) is 0 Å². The van der Waals surface area contributed by atoms with Crippen molar-refractivity contribution in [2.45, 2.75) is 51.5 Å². The molecule has 1 fully saturated rings. The highest BCUT2D eigenvalue weighted by molar-refractivity contribution is 5.95. The largest absolute Gasteiger partial charge is 0.301 e. The Bertz CT molecular complexity index is 423. The number of halogens is 1. The molecule has 0 radical (unpaired) electrons. The molecule has 0 aromatic heterocycles. The first-order valence-corrected chi connectivity index (χ1v) is 7.73. The number of hydrogen-bond donors (Lipinski definition) is 0. The summed E-state index contributed by atoms with van der Waals surface area (Å²) in [5, 5.41) is 0. The van der Waals surface area contributed by atoms with E-state index in [0.29, 0.717) is 12.0 Å². The fourth-order valence-electron chi connectivity index (χ4n) is 3.09. The molecule has 2 rings (SSSR count). The van der Waals surface area contributed by atoms with E-state index in [1.54, 1.807) is 12.1 Å². The lowest BCUT2D eigenvalue weighted by Crippen LogP contribution is -2.34. The Hall–Kier alpha value is -1.22. The SMILES string of the molecule is CCN(CCCC(=O)c1ccc(F)cc1)C1CCCC1. The molecule has 1 aromatic carbocycles. The monoisotopic (exact) mass is 277 g/mol. The lowest BCUT2D eigenvalue weighted by molar-refractivity contribution is 0.0971.